The summed E-state index contributed by atoms with van der Waals surface area (Å²) in [6.45, 7) is -2.59. The van der Waals surface area contributed by atoms with Gasteiger partial charge in [-0.2, -0.15) is 8.78 Å². The number of alkyl halides is 2. The van der Waals surface area contributed by atoms with E-state index in [1.54, 1.807) is 18.2 Å². The van der Waals surface area contributed by atoms with Gasteiger partial charge in [-0.25, -0.2) is 0 Å². The van der Waals surface area contributed by atoms with Gasteiger partial charge in [0.05, 0.1) is 7.11 Å². The summed E-state index contributed by atoms with van der Waals surface area (Å²) in [5.74, 6) is -0.442. The first-order valence-electron chi connectivity index (χ1n) is 9.61. The van der Waals surface area contributed by atoms with E-state index in [1.165, 1.54) is 19.2 Å². The number of amides is 2. The highest BCUT2D eigenvalue weighted by Crippen LogP contribution is 2.29. The molecule has 2 N–H and O–H groups in total. The van der Waals surface area contributed by atoms with Crippen molar-refractivity contribution in [3.8, 4) is 11.5 Å². The number of hydrogen-bond donors (Lipinski definition) is 2. The minimum absolute atomic E-state index is 0.0796. The Labute approximate surface area is 178 Å². The van der Waals surface area contributed by atoms with Gasteiger partial charge < -0.3 is 20.1 Å². The first kappa shape index (κ1) is 22.0. The molecule has 6 nitrogen and oxygen atoms in total. The predicted molar refractivity (Wildman–Crippen MR) is 112 cm³/mol. The summed E-state index contributed by atoms with van der Waals surface area (Å²) < 4.78 is 34.2. The molecule has 0 aromatic heterocycles. The number of benzene rings is 3. The number of halogens is 2. The van der Waals surface area contributed by atoms with Gasteiger partial charge >= 0.3 is 6.61 Å². The molecule has 0 heterocycles. The van der Waals surface area contributed by atoms with E-state index in [-0.39, 0.29) is 42.8 Å². The molecule has 31 heavy (non-hydrogen) atoms. The van der Waals surface area contributed by atoms with E-state index in [2.05, 4.69) is 15.4 Å². The van der Waals surface area contributed by atoms with E-state index in [0.717, 1.165) is 10.8 Å². The Morgan fingerprint density at radius 3 is 2.45 bits per heavy atom. The zero-order valence-corrected chi connectivity index (χ0v) is 16.9. The van der Waals surface area contributed by atoms with Crippen molar-refractivity contribution < 1.29 is 27.8 Å². The molecule has 2 amide bonds. The highest BCUT2D eigenvalue weighted by Gasteiger charge is 2.12. The summed E-state index contributed by atoms with van der Waals surface area (Å²) in [6.07, 6.45) is 0.100. The molecule has 8 heteroatoms. The van der Waals surface area contributed by atoms with Gasteiger partial charge in [-0.1, -0.05) is 36.4 Å². The third-order valence-electron chi connectivity index (χ3n) is 4.58. The number of methoxy groups -OCH3 is 1. The standard InChI is InChI=1S/C23H22F2N2O4/c1-30-20-12-15(6-9-19(20)31-23(24)25)14-27-21(28)10-11-26-22(29)18-8-7-16-4-2-3-5-17(16)13-18/h2-9,12-13,23H,10-11,14H2,1H3,(H,26,29)(H,27,28). The lowest BCUT2D eigenvalue weighted by atomic mass is 10.1. The summed E-state index contributed by atoms with van der Waals surface area (Å²) in [5.41, 5.74) is 1.18. The SMILES string of the molecule is COc1cc(CNC(=O)CCNC(=O)c2ccc3ccccc3c2)ccc1OC(F)F. The first-order chi connectivity index (χ1) is 15.0. The normalized spacial score (nSPS) is 10.7. The average Bonchev–Trinajstić information content (AvgIpc) is 2.77. The highest BCUT2D eigenvalue weighted by atomic mass is 19.3. The maximum atomic E-state index is 12.4. The molecule has 0 saturated heterocycles. The molecule has 0 bridgehead atoms. The van der Waals surface area contributed by atoms with E-state index in [0.29, 0.717) is 11.1 Å². The van der Waals surface area contributed by atoms with E-state index in [1.807, 2.05) is 30.3 Å². The minimum Gasteiger partial charge on any atom is -0.493 e. The van der Waals surface area contributed by atoms with Crippen LogP contribution in [0.5, 0.6) is 11.5 Å². The van der Waals surface area contributed by atoms with Gasteiger partial charge in [0.25, 0.3) is 5.91 Å². The van der Waals surface area contributed by atoms with Crippen LogP contribution < -0.4 is 20.1 Å². The van der Waals surface area contributed by atoms with Gasteiger partial charge in [-0.15, -0.1) is 0 Å². The van der Waals surface area contributed by atoms with E-state index >= 15 is 0 Å². The molecule has 162 valence electrons. The van der Waals surface area contributed by atoms with Crippen LogP contribution in [0.1, 0.15) is 22.3 Å². The average molecular weight is 428 g/mol. The van der Waals surface area contributed by atoms with Crippen molar-refractivity contribution >= 4 is 22.6 Å². The maximum Gasteiger partial charge on any atom is 0.387 e. The molecule has 0 aliphatic carbocycles. The van der Waals surface area contributed by atoms with Crippen molar-refractivity contribution in [3.05, 3.63) is 71.8 Å². The molecule has 0 fully saturated rings. The van der Waals surface area contributed by atoms with Crippen LogP contribution in [0.4, 0.5) is 8.78 Å². The third-order valence-corrected chi connectivity index (χ3v) is 4.58. The Bertz CT molecular complexity index is 1070. The van der Waals surface area contributed by atoms with Crippen LogP contribution >= 0.6 is 0 Å². The van der Waals surface area contributed by atoms with Crippen LogP contribution in [0.25, 0.3) is 10.8 Å². The van der Waals surface area contributed by atoms with Crippen LogP contribution in [0, 0.1) is 0 Å². The minimum atomic E-state index is -2.95. The number of ether oxygens (including phenoxy) is 2. The molecule has 0 spiro atoms. The third kappa shape index (κ3) is 6.15. The first-order valence-corrected chi connectivity index (χ1v) is 9.61. The van der Waals surface area contributed by atoms with Gasteiger partial charge in [0.1, 0.15) is 0 Å². The summed E-state index contributed by atoms with van der Waals surface area (Å²) in [6, 6.07) is 17.6. The fraction of sp³-hybridized carbons (Fsp3) is 0.217. The second-order valence-electron chi connectivity index (χ2n) is 6.71. The number of carbonyl (C=O) groups is 2. The molecule has 3 aromatic carbocycles. The second-order valence-corrected chi connectivity index (χ2v) is 6.71. The Morgan fingerprint density at radius 2 is 1.71 bits per heavy atom. The Balaban J connectivity index is 1.46. The van der Waals surface area contributed by atoms with Gasteiger partial charge in [0, 0.05) is 25.1 Å². The Hall–Kier alpha value is -3.68. The largest absolute Gasteiger partial charge is 0.493 e. The van der Waals surface area contributed by atoms with Gasteiger partial charge in [0.2, 0.25) is 5.91 Å². The number of rotatable bonds is 9. The van der Waals surface area contributed by atoms with E-state index in [4.69, 9.17) is 4.74 Å². The summed E-state index contributed by atoms with van der Waals surface area (Å²) in [5, 5.41) is 7.45. The second kappa shape index (κ2) is 10.4. The lowest BCUT2D eigenvalue weighted by Crippen LogP contribution is -2.30. The van der Waals surface area contributed by atoms with Crippen LogP contribution in [0.3, 0.4) is 0 Å². The van der Waals surface area contributed by atoms with Crippen LogP contribution in [0.2, 0.25) is 0 Å². The van der Waals surface area contributed by atoms with Crippen molar-refractivity contribution in [2.24, 2.45) is 0 Å². The number of fused-ring (bicyclic) bond motifs is 1. The van der Waals surface area contributed by atoms with Crippen molar-refractivity contribution in [3.63, 3.8) is 0 Å². The molecular formula is C23H22F2N2O4. The number of carbonyl (C=O) groups excluding carboxylic acids is 2. The zero-order valence-electron chi connectivity index (χ0n) is 16.9. The van der Waals surface area contributed by atoms with Crippen molar-refractivity contribution in [1.82, 2.24) is 10.6 Å². The fourth-order valence-corrected chi connectivity index (χ4v) is 3.03. The Kier molecular flexibility index (Phi) is 7.37. The fourth-order valence-electron chi connectivity index (χ4n) is 3.03. The molecule has 0 aliphatic rings. The van der Waals surface area contributed by atoms with Gasteiger partial charge in [0.15, 0.2) is 11.5 Å². The monoisotopic (exact) mass is 428 g/mol. The van der Waals surface area contributed by atoms with E-state index in [9.17, 15) is 18.4 Å². The molecule has 0 aliphatic heterocycles. The van der Waals surface area contributed by atoms with Crippen LogP contribution in [-0.4, -0.2) is 32.1 Å². The van der Waals surface area contributed by atoms with Crippen molar-refractivity contribution in [2.45, 2.75) is 19.6 Å². The molecule has 3 rings (SSSR count). The quantitative estimate of drug-likeness (QED) is 0.542. The predicted octanol–water partition coefficient (Wildman–Crippen LogP) is 3.89. The molecule has 0 atom stereocenters. The summed E-state index contributed by atoms with van der Waals surface area (Å²) in [7, 11) is 1.34. The summed E-state index contributed by atoms with van der Waals surface area (Å²) >= 11 is 0. The zero-order chi connectivity index (χ0) is 22.2. The summed E-state index contributed by atoms with van der Waals surface area (Å²) in [4.78, 5) is 24.4. The number of nitrogens with one attached hydrogen (secondary N) is 2. The van der Waals surface area contributed by atoms with Crippen LogP contribution in [0.15, 0.2) is 60.7 Å². The van der Waals surface area contributed by atoms with E-state index < -0.39 is 6.61 Å². The maximum absolute atomic E-state index is 12.4. The molecule has 0 radical (unpaired) electrons. The number of hydrogen-bond acceptors (Lipinski definition) is 4. The highest BCUT2D eigenvalue weighted by molar-refractivity contribution is 5.98. The molecule has 0 unspecified atom stereocenters. The van der Waals surface area contributed by atoms with Crippen LogP contribution in [-0.2, 0) is 11.3 Å². The smallest absolute Gasteiger partial charge is 0.387 e. The lowest BCUT2D eigenvalue weighted by molar-refractivity contribution is -0.121. The molecule has 0 saturated carbocycles. The van der Waals surface area contributed by atoms with Gasteiger partial charge in [-0.05, 0) is 40.6 Å². The topological polar surface area (TPSA) is 76.7 Å². The Morgan fingerprint density at radius 1 is 0.935 bits per heavy atom. The van der Waals surface area contributed by atoms with Gasteiger partial charge in [-0.3, -0.25) is 9.59 Å². The lowest BCUT2D eigenvalue weighted by Gasteiger charge is -2.12. The van der Waals surface area contributed by atoms with Crippen molar-refractivity contribution in [2.75, 3.05) is 13.7 Å². The molecule has 3 aromatic rings. The molecular weight excluding hydrogens is 406 g/mol. The van der Waals surface area contributed by atoms with Crippen molar-refractivity contribution in [1.29, 1.82) is 0 Å².